The Hall–Kier alpha value is -1.53. The number of hydrogen-bond donors (Lipinski definition) is 0. The van der Waals surface area contributed by atoms with Gasteiger partial charge < -0.3 is 14.2 Å². The summed E-state index contributed by atoms with van der Waals surface area (Å²) in [6.45, 7) is 0.306. The molecule has 0 aliphatic rings. The van der Waals surface area contributed by atoms with E-state index in [-0.39, 0.29) is 0 Å². The molecule has 96 valence electrons. The Bertz CT molecular complexity index is 511. The fourth-order valence-electron chi connectivity index (χ4n) is 1.30. The normalized spacial score (nSPS) is 10.2. The van der Waals surface area contributed by atoms with E-state index in [1.165, 1.54) is 11.3 Å². The van der Waals surface area contributed by atoms with E-state index in [0.29, 0.717) is 33.3 Å². The molecule has 0 fully saturated rings. The van der Waals surface area contributed by atoms with Crippen LogP contribution < -0.4 is 14.2 Å². The summed E-state index contributed by atoms with van der Waals surface area (Å²) in [5, 5.41) is 8.28. The van der Waals surface area contributed by atoms with Crippen LogP contribution in [0.5, 0.6) is 17.2 Å². The summed E-state index contributed by atoms with van der Waals surface area (Å²) < 4.78 is 16.3. The van der Waals surface area contributed by atoms with Crippen molar-refractivity contribution in [1.82, 2.24) is 10.2 Å². The molecule has 0 spiro atoms. The Kier molecular flexibility index (Phi) is 4.22. The Labute approximate surface area is 113 Å². The van der Waals surface area contributed by atoms with Crippen molar-refractivity contribution in [3.8, 4) is 17.2 Å². The summed E-state index contributed by atoms with van der Waals surface area (Å²) in [5.41, 5.74) is 0. The van der Waals surface area contributed by atoms with E-state index >= 15 is 0 Å². The summed E-state index contributed by atoms with van der Waals surface area (Å²) in [7, 11) is 3.17. The first kappa shape index (κ1) is 12.9. The number of rotatable bonds is 5. The Balaban J connectivity index is 2.08. The predicted molar refractivity (Wildman–Crippen MR) is 68.8 cm³/mol. The minimum absolute atomic E-state index is 0.306. The Morgan fingerprint density at radius 2 is 1.67 bits per heavy atom. The lowest BCUT2D eigenvalue weighted by Crippen LogP contribution is -1.96. The van der Waals surface area contributed by atoms with Gasteiger partial charge in [0.1, 0.15) is 23.9 Å². The second kappa shape index (κ2) is 5.88. The molecule has 0 aliphatic heterocycles. The van der Waals surface area contributed by atoms with Crippen molar-refractivity contribution in [2.24, 2.45) is 0 Å². The number of halogens is 1. The van der Waals surface area contributed by atoms with Gasteiger partial charge in [-0.25, -0.2) is 0 Å². The fourth-order valence-corrected chi connectivity index (χ4v) is 2.08. The zero-order valence-corrected chi connectivity index (χ0v) is 11.4. The SMILES string of the molecule is COc1cc(OC)cc(OCc2nnc(Cl)s2)c1. The topological polar surface area (TPSA) is 53.5 Å². The molecule has 0 bridgehead atoms. The molecule has 18 heavy (non-hydrogen) atoms. The van der Waals surface area contributed by atoms with Gasteiger partial charge in [-0.2, -0.15) is 0 Å². The summed E-state index contributed by atoms with van der Waals surface area (Å²) >= 11 is 6.97. The van der Waals surface area contributed by atoms with E-state index in [4.69, 9.17) is 25.8 Å². The summed E-state index contributed by atoms with van der Waals surface area (Å²) in [4.78, 5) is 0. The van der Waals surface area contributed by atoms with Crippen LogP contribution in [0, 0.1) is 0 Å². The summed E-state index contributed by atoms with van der Waals surface area (Å²) in [6, 6.07) is 5.31. The third kappa shape index (κ3) is 3.24. The molecule has 2 rings (SSSR count). The van der Waals surface area contributed by atoms with Crippen molar-refractivity contribution < 1.29 is 14.2 Å². The quantitative estimate of drug-likeness (QED) is 0.846. The Morgan fingerprint density at radius 3 is 2.17 bits per heavy atom. The lowest BCUT2D eigenvalue weighted by atomic mass is 10.3. The largest absolute Gasteiger partial charge is 0.496 e. The van der Waals surface area contributed by atoms with Gasteiger partial charge in [0.25, 0.3) is 0 Å². The first-order chi connectivity index (χ1) is 8.71. The summed E-state index contributed by atoms with van der Waals surface area (Å²) in [5.74, 6) is 1.97. The van der Waals surface area contributed by atoms with Gasteiger partial charge in [-0.3, -0.25) is 0 Å². The van der Waals surface area contributed by atoms with Crippen LogP contribution in [-0.4, -0.2) is 24.4 Å². The number of methoxy groups -OCH3 is 2. The van der Waals surface area contributed by atoms with Crippen LogP contribution in [0.3, 0.4) is 0 Å². The molecule has 0 atom stereocenters. The van der Waals surface area contributed by atoms with Crippen molar-refractivity contribution in [2.75, 3.05) is 14.2 Å². The van der Waals surface area contributed by atoms with Crippen LogP contribution in [0.25, 0.3) is 0 Å². The minimum atomic E-state index is 0.306. The molecule has 0 aliphatic carbocycles. The predicted octanol–water partition coefficient (Wildman–Crippen LogP) is 2.79. The highest BCUT2D eigenvalue weighted by molar-refractivity contribution is 7.15. The van der Waals surface area contributed by atoms with Crippen molar-refractivity contribution in [1.29, 1.82) is 0 Å². The number of ether oxygens (including phenoxy) is 3. The average molecular weight is 287 g/mol. The molecule has 0 unspecified atom stereocenters. The zero-order valence-electron chi connectivity index (χ0n) is 9.84. The molecule has 0 amide bonds. The molecule has 0 saturated heterocycles. The van der Waals surface area contributed by atoms with Gasteiger partial charge in [-0.15, -0.1) is 10.2 Å². The lowest BCUT2D eigenvalue weighted by molar-refractivity contribution is 0.299. The zero-order chi connectivity index (χ0) is 13.0. The number of aromatic nitrogens is 2. The van der Waals surface area contributed by atoms with E-state index in [0.717, 1.165) is 0 Å². The fraction of sp³-hybridized carbons (Fsp3) is 0.273. The molecule has 5 nitrogen and oxygen atoms in total. The van der Waals surface area contributed by atoms with E-state index in [1.807, 2.05) is 0 Å². The molecular formula is C11H11ClN2O3S. The first-order valence-electron chi connectivity index (χ1n) is 5.05. The molecule has 2 aromatic rings. The van der Waals surface area contributed by atoms with Gasteiger partial charge in [0.2, 0.25) is 4.47 Å². The van der Waals surface area contributed by atoms with Crippen LogP contribution in [0.2, 0.25) is 4.47 Å². The molecule has 0 saturated carbocycles. The third-order valence-electron chi connectivity index (χ3n) is 2.13. The molecule has 1 aromatic carbocycles. The molecule has 1 heterocycles. The van der Waals surface area contributed by atoms with Crippen LogP contribution in [-0.2, 0) is 6.61 Å². The van der Waals surface area contributed by atoms with E-state index in [9.17, 15) is 0 Å². The molecule has 0 radical (unpaired) electrons. The first-order valence-corrected chi connectivity index (χ1v) is 6.24. The van der Waals surface area contributed by atoms with Crippen molar-refractivity contribution in [3.05, 3.63) is 27.7 Å². The van der Waals surface area contributed by atoms with Gasteiger partial charge in [0.05, 0.1) is 14.2 Å². The number of benzene rings is 1. The van der Waals surface area contributed by atoms with Crippen molar-refractivity contribution in [2.45, 2.75) is 6.61 Å². The highest BCUT2D eigenvalue weighted by Crippen LogP contribution is 2.28. The van der Waals surface area contributed by atoms with Gasteiger partial charge in [0, 0.05) is 18.2 Å². The monoisotopic (exact) mass is 286 g/mol. The molecule has 7 heteroatoms. The van der Waals surface area contributed by atoms with Crippen molar-refractivity contribution in [3.63, 3.8) is 0 Å². The second-order valence-corrected chi connectivity index (χ2v) is 4.93. The van der Waals surface area contributed by atoms with Crippen LogP contribution >= 0.6 is 22.9 Å². The van der Waals surface area contributed by atoms with E-state index in [2.05, 4.69) is 10.2 Å². The maximum absolute atomic E-state index is 5.69. The van der Waals surface area contributed by atoms with E-state index < -0.39 is 0 Å². The van der Waals surface area contributed by atoms with Crippen LogP contribution in [0.4, 0.5) is 0 Å². The standard InChI is InChI=1S/C11H11ClN2O3S/c1-15-7-3-8(16-2)5-9(4-7)17-6-10-13-14-11(12)18-10/h3-5H,6H2,1-2H3. The third-order valence-corrected chi connectivity index (χ3v) is 3.12. The van der Waals surface area contributed by atoms with Gasteiger partial charge in [-0.1, -0.05) is 11.3 Å². The number of nitrogens with zero attached hydrogens (tertiary/aromatic N) is 2. The highest BCUT2D eigenvalue weighted by atomic mass is 35.5. The summed E-state index contributed by atoms with van der Waals surface area (Å²) in [6.07, 6.45) is 0. The molecular weight excluding hydrogens is 276 g/mol. The van der Waals surface area contributed by atoms with E-state index in [1.54, 1.807) is 32.4 Å². The van der Waals surface area contributed by atoms with Crippen LogP contribution in [0.15, 0.2) is 18.2 Å². The van der Waals surface area contributed by atoms with Gasteiger partial charge >= 0.3 is 0 Å². The average Bonchev–Trinajstić information content (AvgIpc) is 2.81. The van der Waals surface area contributed by atoms with Crippen molar-refractivity contribution >= 4 is 22.9 Å². The maximum atomic E-state index is 5.69. The highest BCUT2D eigenvalue weighted by Gasteiger charge is 2.06. The molecule has 1 aromatic heterocycles. The smallest absolute Gasteiger partial charge is 0.207 e. The Morgan fingerprint density at radius 1 is 1.06 bits per heavy atom. The minimum Gasteiger partial charge on any atom is -0.496 e. The lowest BCUT2D eigenvalue weighted by Gasteiger charge is -2.08. The van der Waals surface area contributed by atoms with Crippen LogP contribution in [0.1, 0.15) is 5.01 Å². The number of hydrogen-bond acceptors (Lipinski definition) is 6. The second-order valence-electron chi connectivity index (χ2n) is 3.29. The van der Waals surface area contributed by atoms with Gasteiger partial charge in [0.15, 0.2) is 5.01 Å². The maximum Gasteiger partial charge on any atom is 0.207 e. The van der Waals surface area contributed by atoms with Gasteiger partial charge in [-0.05, 0) is 11.6 Å². The molecule has 0 N–H and O–H groups in total.